The highest BCUT2D eigenvalue weighted by Crippen LogP contribution is 2.27. The third kappa shape index (κ3) is 4.41. The van der Waals surface area contributed by atoms with E-state index in [2.05, 4.69) is 35.5 Å². The van der Waals surface area contributed by atoms with Crippen LogP contribution in [0.2, 0.25) is 0 Å². The molecule has 0 aliphatic rings. The normalized spacial score (nSPS) is 11.6. The summed E-state index contributed by atoms with van der Waals surface area (Å²) in [5, 5.41) is 17.8. The molecule has 0 aliphatic carbocycles. The molecule has 0 fully saturated rings. The van der Waals surface area contributed by atoms with Crippen LogP contribution in [0.5, 0.6) is 11.5 Å². The first-order chi connectivity index (χ1) is 16.3. The third-order valence-electron chi connectivity index (χ3n) is 5.53. The first-order valence-corrected chi connectivity index (χ1v) is 10.8. The van der Waals surface area contributed by atoms with Gasteiger partial charge >= 0.3 is 0 Å². The number of nitrogens with zero attached hydrogens (tertiary/aromatic N) is 4. The summed E-state index contributed by atoms with van der Waals surface area (Å²) in [5.41, 5.74) is 4.30. The number of hydrogen-bond donors (Lipinski definition) is 1. The Morgan fingerprint density at radius 2 is 1.79 bits per heavy atom. The minimum absolute atomic E-state index is 0.227. The fourth-order valence-corrected chi connectivity index (χ4v) is 3.79. The zero-order chi connectivity index (χ0) is 24.4. The molecule has 0 bridgehead atoms. The molecule has 1 unspecified atom stereocenters. The Kier molecular flexibility index (Phi) is 6.19. The molecule has 2 aromatic heterocycles. The van der Waals surface area contributed by atoms with E-state index in [0.29, 0.717) is 17.3 Å². The second kappa shape index (κ2) is 9.24. The topological polar surface area (TPSA) is 102 Å². The Balaban J connectivity index is 1.65. The Bertz CT molecular complexity index is 1420. The summed E-state index contributed by atoms with van der Waals surface area (Å²) in [6.45, 7) is 7.70. The third-order valence-corrected chi connectivity index (χ3v) is 5.53. The number of carbonyl (C=O) groups is 1. The molecule has 0 radical (unpaired) electrons. The van der Waals surface area contributed by atoms with E-state index in [1.807, 2.05) is 19.9 Å². The molecule has 1 amide bonds. The van der Waals surface area contributed by atoms with Crippen molar-refractivity contribution < 1.29 is 14.3 Å². The molecule has 2 aromatic carbocycles. The molecular weight excluding hydrogens is 430 g/mol. The van der Waals surface area contributed by atoms with E-state index in [1.165, 1.54) is 10.9 Å². The summed E-state index contributed by atoms with van der Waals surface area (Å²) < 4.78 is 12.4. The molecule has 8 heteroatoms. The summed E-state index contributed by atoms with van der Waals surface area (Å²) in [4.78, 5) is 17.7. The van der Waals surface area contributed by atoms with Crippen LogP contribution in [0.15, 0.2) is 48.7 Å². The lowest BCUT2D eigenvalue weighted by Gasteiger charge is -2.16. The predicted molar refractivity (Wildman–Crippen MR) is 130 cm³/mol. The smallest absolute Gasteiger partial charge is 0.266 e. The maximum absolute atomic E-state index is 12.9. The molecular formula is C26H25N5O3. The van der Waals surface area contributed by atoms with Gasteiger partial charge in [0.15, 0.2) is 17.7 Å². The molecule has 0 aliphatic heterocycles. The summed E-state index contributed by atoms with van der Waals surface area (Å²) in [6, 6.07) is 15.1. The first-order valence-electron chi connectivity index (χ1n) is 10.8. The summed E-state index contributed by atoms with van der Waals surface area (Å²) in [6.07, 6.45) is 0.591. The highest BCUT2D eigenvalue weighted by atomic mass is 16.5. The highest BCUT2D eigenvalue weighted by Gasteiger charge is 2.21. The van der Waals surface area contributed by atoms with E-state index in [4.69, 9.17) is 14.5 Å². The Morgan fingerprint density at radius 3 is 2.47 bits per heavy atom. The van der Waals surface area contributed by atoms with Crippen molar-refractivity contribution in [2.24, 2.45) is 0 Å². The lowest BCUT2D eigenvalue weighted by Crippen LogP contribution is -2.31. The SMILES string of the molecule is COc1ccc(OC(C)C(=O)Nc2c(C#N)cnn2-c2cc(C)c3cc(C)cc(C)c3n2)cc1. The Labute approximate surface area is 197 Å². The average Bonchev–Trinajstić information content (AvgIpc) is 3.22. The van der Waals surface area contributed by atoms with Gasteiger partial charge in [-0.2, -0.15) is 15.0 Å². The Hall–Kier alpha value is -4.38. The summed E-state index contributed by atoms with van der Waals surface area (Å²) in [7, 11) is 1.58. The van der Waals surface area contributed by atoms with Crippen molar-refractivity contribution in [3.05, 3.63) is 70.9 Å². The molecule has 2 heterocycles. The van der Waals surface area contributed by atoms with E-state index in [0.717, 1.165) is 27.6 Å². The summed E-state index contributed by atoms with van der Waals surface area (Å²) >= 11 is 0. The molecule has 1 N–H and O–H groups in total. The van der Waals surface area contributed by atoms with Gasteiger partial charge in [-0.1, -0.05) is 11.6 Å². The van der Waals surface area contributed by atoms with Gasteiger partial charge in [0.2, 0.25) is 0 Å². The minimum Gasteiger partial charge on any atom is -0.497 e. The number of methoxy groups -OCH3 is 1. The van der Waals surface area contributed by atoms with Gasteiger partial charge in [-0.15, -0.1) is 0 Å². The lowest BCUT2D eigenvalue weighted by molar-refractivity contribution is -0.122. The number of pyridine rings is 1. The number of amides is 1. The van der Waals surface area contributed by atoms with Crippen LogP contribution in [-0.2, 0) is 4.79 Å². The molecule has 4 aromatic rings. The second-order valence-corrected chi connectivity index (χ2v) is 8.13. The van der Waals surface area contributed by atoms with Crippen molar-refractivity contribution >= 4 is 22.6 Å². The minimum atomic E-state index is -0.820. The standard InChI is InChI=1S/C26H25N5O3/c1-15-10-17(3)24-22(11-15)16(2)12-23(29-24)31-25(19(13-27)14-28-31)30-26(32)18(4)34-21-8-6-20(33-5)7-9-21/h6-12,14,18H,1-5H3,(H,30,32). The zero-order valence-corrected chi connectivity index (χ0v) is 19.7. The van der Waals surface area contributed by atoms with Crippen LogP contribution in [0.4, 0.5) is 5.82 Å². The quantitative estimate of drug-likeness (QED) is 0.455. The van der Waals surface area contributed by atoms with Gasteiger partial charge in [0.25, 0.3) is 5.91 Å². The number of ether oxygens (including phenoxy) is 2. The second-order valence-electron chi connectivity index (χ2n) is 8.13. The number of nitriles is 1. The Morgan fingerprint density at radius 1 is 1.09 bits per heavy atom. The molecule has 0 saturated heterocycles. The van der Waals surface area contributed by atoms with Gasteiger partial charge in [-0.05, 0) is 75.2 Å². The van der Waals surface area contributed by atoms with E-state index < -0.39 is 12.0 Å². The van der Waals surface area contributed by atoms with Crippen LogP contribution in [0.3, 0.4) is 0 Å². The van der Waals surface area contributed by atoms with Crippen LogP contribution < -0.4 is 14.8 Å². The van der Waals surface area contributed by atoms with Crippen molar-refractivity contribution in [1.29, 1.82) is 5.26 Å². The van der Waals surface area contributed by atoms with Crippen LogP contribution in [-0.4, -0.2) is 33.9 Å². The van der Waals surface area contributed by atoms with Crippen molar-refractivity contribution in [3.8, 4) is 23.4 Å². The summed E-state index contributed by atoms with van der Waals surface area (Å²) in [5.74, 6) is 1.55. The molecule has 4 rings (SSSR count). The van der Waals surface area contributed by atoms with Crippen LogP contribution in [0, 0.1) is 32.1 Å². The van der Waals surface area contributed by atoms with E-state index in [9.17, 15) is 10.1 Å². The monoisotopic (exact) mass is 455 g/mol. The van der Waals surface area contributed by atoms with Crippen molar-refractivity contribution in [2.75, 3.05) is 12.4 Å². The van der Waals surface area contributed by atoms with Gasteiger partial charge < -0.3 is 14.8 Å². The van der Waals surface area contributed by atoms with Gasteiger partial charge in [0.05, 0.1) is 18.8 Å². The molecule has 172 valence electrons. The lowest BCUT2D eigenvalue weighted by atomic mass is 10.0. The number of benzene rings is 2. The maximum Gasteiger partial charge on any atom is 0.266 e. The fraction of sp³-hybridized carbons (Fsp3) is 0.231. The van der Waals surface area contributed by atoms with Crippen LogP contribution in [0.1, 0.15) is 29.2 Å². The molecule has 0 saturated carbocycles. The van der Waals surface area contributed by atoms with Crippen molar-refractivity contribution in [3.63, 3.8) is 0 Å². The largest absolute Gasteiger partial charge is 0.497 e. The van der Waals surface area contributed by atoms with Gasteiger partial charge in [0, 0.05) is 5.39 Å². The highest BCUT2D eigenvalue weighted by molar-refractivity contribution is 5.95. The number of rotatable bonds is 6. The fourth-order valence-electron chi connectivity index (χ4n) is 3.79. The predicted octanol–water partition coefficient (Wildman–Crippen LogP) is 4.63. The van der Waals surface area contributed by atoms with Crippen LogP contribution >= 0.6 is 0 Å². The van der Waals surface area contributed by atoms with Gasteiger partial charge in [-0.3, -0.25) is 4.79 Å². The van der Waals surface area contributed by atoms with Crippen LogP contribution in [0.25, 0.3) is 16.7 Å². The molecule has 1 atom stereocenters. The first kappa shape index (κ1) is 22.8. The average molecular weight is 456 g/mol. The van der Waals surface area contributed by atoms with E-state index in [1.54, 1.807) is 38.3 Å². The number of carbonyl (C=O) groups excluding carboxylic acids is 1. The van der Waals surface area contributed by atoms with E-state index >= 15 is 0 Å². The number of aryl methyl sites for hydroxylation is 3. The van der Waals surface area contributed by atoms with E-state index in [-0.39, 0.29) is 11.4 Å². The van der Waals surface area contributed by atoms with Gasteiger partial charge in [0.1, 0.15) is 23.1 Å². The number of aromatic nitrogens is 3. The zero-order valence-electron chi connectivity index (χ0n) is 19.7. The molecule has 8 nitrogen and oxygen atoms in total. The maximum atomic E-state index is 12.9. The van der Waals surface area contributed by atoms with Crippen molar-refractivity contribution in [1.82, 2.24) is 14.8 Å². The number of hydrogen-bond acceptors (Lipinski definition) is 6. The van der Waals surface area contributed by atoms with Gasteiger partial charge in [-0.25, -0.2) is 4.98 Å². The number of fused-ring (bicyclic) bond motifs is 1. The molecule has 0 spiro atoms. The molecule has 34 heavy (non-hydrogen) atoms. The number of nitrogens with one attached hydrogen (secondary N) is 1. The van der Waals surface area contributed by atoms with Crippen molar-refractivity contribution in [2.45, 2.75) is 33.8 Å². The number of anilines is 1.